The standard InChI is InChI=1S/C31H31N3O4/c1-22(2)29-31(38)33(20-28(36)32-26(21-35)18-23-12-6-3-7-13-23)27(24-14-8-4-9-15-24)19-34(29)30(37)25-16-10-5-11-17-25/h3-17,19,21-22,26,29H,18,20H2,1-2H3,(H,32,36)/t26-,29-/m0/s1. The van der Waals surface area contributed by atoms with E-state index in [-0.39, 0.29) is 24.3 Å². The second kappa shape index (κ2) is 12.1. The molecule has 1 N–H and O–H groups in total. The second-order valence-electron chi connectivity index (χ2n) is 9.57. The van der Waals surface area contributed by atoms with Crippen molar-refractivity contribution in [1.29, 1.82) is 0 Å². The molecule has 0 aliphatic carbocycles. The highest BCUT2D eigenvalue weighted by atomic mass is 16.2. The topological polar surface area (TPSA) is 86.8 Å². The smallest absolute Gasteiger partial charge is 0.258 e. The molecule has 3 amide bonds. The number of benzene rings is 3. The Hall–Kier alpha value is -4.52. The van der Waals surface area contributed by atoms with Crippen molar-refractivity contribution < 1.29 is 19.2 Å². The average Bonchev–Trinajstić information content (AvgIpc) is 2.94. The average molecular weight is 510 g/mol. The molecule has 0 radical (unpaired) electrons. The van der Waals surface area contributed by atoms with E-state index >= 15 is 0 Å². The molecule has 1 aliphatic rings. The van der Waals surface area contributed by atoms with Crippen LogP contribution in [-0.4, -0.2) is 52.4 Å². The van der Waals surface area contributed by atoms with Gasteiger partial charge in [0.25, 0.3) is 11.8 Å². The van der Waals surface area contributed by atoms with E-state index < -0.39 is 18.0 Å². The van der Waals surface area contributed by atoms with Crippen LogP contribution in [0, 0.1) is 5.92 Å². The van der Waals surface area contributed by atoms with E-state index in [0.29, 0.717) is 29.5 Å². The molecule has 0 fully saturated rings. The maximum Gasteiger partial charge on any atom is 0.258 e. The monoisotopic (exact) mass is 509 g/mol. The molecule has 7 nitrogen and oxygen atoms in total. The molecular formula is C31H31N3O4. The highest BCUT2D eigenvalue weighted by molar-refractivity contribution is 6.03. The largest absolute Gasteiger partial charge is 0.345 e. The normalized spacial score (nSPS) is 16.1. The van der Waals surface area contributed by atoms with Crippen LogP contribution < -0.4 is 5.32 Å². The van der Waals surface area contributed by atoms with Crippen molar-refractivity contribution in [3.8, 4) is 0 Å². The van der Waals surface area contributed by atoms with Crippen molar-refractivity contribution >= 4 is 29.7 Å². The number of nitrogens with zero attached hydrogens (tertiary/aromatic N) is 2. The van der Waals surface area contributed by atoms with Crippen molar-refractivity contribution in [2.24, 2.45) is 5.92 Å². The molecule has 7 heteroatoms. The van der Waals surface area contributed by atoms with Crippen molar-refractivity contribution in [1.82, 2.24) is 15.1 Å². The number of nitrogens with one attached hydrogen (secondary N) is 1. The van der Waals surface area contributed by atoms with E-state index in [1.807, 2.05) is 80.6 Å². The Morgan fingerprint density at radius 2 is 1.47 bits per heavy atom. The fraction of sp³-hybridized carbons (Fsp3) is 0.226. The third-order valence-electron chi connectivity index (χ3n) is 6.44. The molecule has 3 aromatic carbocycles. The van der Waals surface area contributed by atoms with Crippen LogP contribution in [0.4, 0.5) is 0 Å². The zero-order chi connectivity index (χ0) is 27.1. The first-order valence-electron chi connectivity index (χ1n) is 12.6. The Morgan fingerprint density at radius 3 is 2.05 bits per heavy atom. The third kappa shape index (κ3) is 6.06. The van der Waals surface area contributed by atoms with E-state index in [2.05, 4.69) is 5.32 Å². The van der Waals surface area contributed by atoms with Gasteiger partial charge >= 0.3 is 0 Å². The second-order valence-corrected chi connectivity index (χ2v) is 9.57. The predicted molar refractivity (Wildman–Crippen MR) is 146 cm³/mol. The Balaban J connectivity index is 1.65. The van der Waals surface area contributed by atoms with Gasteiger partial charge in [-0.25, -0.2) is 0 Å². The fourth-order valence-corrected chi connectivity index (χ4v) is 4.60. The van der Waals surface area contributed by atoms with Gasteiger partial charge in [0, 0.05) is 11.8 Å². The number of amides is 3. The number of carbonyl (C=O) groups is 4. The van der Waals surface area contributed by atoms with E-state index in [0.717, 1.165) is 5.56 Å². The zero-order valence-corrected chi connectivity index (χ0v) is 21.5. The summed E-state index contributed by atoms with van der Waals surface area (Å²) in [7, 11) is 0. The van der Waals surface area contributed by atoms with Crippen LogP contribution in [0.25, 0.3) is 5.70 Å². The Labute approximate surface area is 222 Å². The van der Waals surface area contributed by atoms with Gasteiger partial charge in [0.2, 0.25) is 5.91 Å². The van der Waals surface area contributed by atoms with Gasteiger partial charge in [0.1, 0.15) is 18.9 Å². The van der Waals surface area contributed by atoms with Crippen LogP contribution in [0.2, 0.25) is 0 Å². The maximum absolute atomic E-state index is 13.9. The van der Waals surface area contributed by atoms with Gasteiger partial charge in [-0.05, 0) is 35.6 Å². The van der Waals surface area contributed by atoms with Crippen molar-refractivity contribution in [2.75, 3.05) is 6.54 Å². The van der Waals surface area contributed by atoms with Crippen LogP contribution >= 0.6 is 0 Å². The van der Waals surface area contributed by atoms with Crippen molar-refractivity contribution in [2.45, 2.75) is 32.4 Å². The minimum atomic E-state index is -0.797. The van der Waals surface area contributed by atoms with Gasteiger partial charge in [-0.3, -0.25) is 19.3 Å². The summed E-state index contributed by atoms with van der Waals surface area (Å²) in [5.41, 5.74) is 2.52. The van der Waals surface area contributed by atoms with Gasteiger partial charge in [0.05, 0.1) is 11.7 Å². The summed E-state index contributed by atoms with van der Waals surface area (Å²) in [6, 6.07) is 25.9. The molecular weight excluding hydrogens is 478 g/mol. The predicted octanol–water partition coefficient (Wildman–Crippen LogP) is 3.92. The summed E-state index contributed by atoms with van der Waals surface area (Å²) < 4.78 is 0. The lowest BCUT2D eigenvalue weighted by Crippen LogP contribution is -2.56. The summed E-state index contributed by atoms with van der Waals surface area (Å²) >= 11 is 0. The molecule has 38 heavy (non-hydrogen) atoms. The maximum atomic E-state index is 13.9. The van der Waals surface area contributed by atoms with Crippen molar-refractivity contribution in [3.63, 3.8) is 0 Å². The zero-order valence-electron chi connectivity index (χ0n) is 21.5. The molecule has 0 spiro atoms. The number of hydrogen-bond acceptors (Lipinski definition) is 4. The fourth-order valence-electron chi connectivity index (χ4n) is 4.60. The highest BCUT2D eigenvalue weighted by Crippen LogP contribution is 2.31. The molecule has 0 aromatic heterocycles. The van der Waals surface area contributed by atoms with Gasteiger partial charge in [-0.15, -0.1) is 0 Å². The first-order valence-corrected chi connectivity index (χ1v) is 12.6. The lowest BCUT2D eigenvalue weighted by atomic mass is 9.96. The Kier molecular flexibility index (Phi) is 8.48. The number of rotatable bonds is 9. The molecule has 1 heterocycles. The van der Waals surface area contributed by atoms with Gasteiger partial charge in [-0.2, -0.15) is 0 Å². The molecule has 0 bridgehead atoms. The van der Waals surface area contributed by atoms with Crippen LogP contribution in [0.3, 0.4) is 0 Å². The van der Waals surface area contributed by atoms with E-state index in [1.54, 1.807) is 30.5 Å². The number of hydrogen-bond donors (Lipinski definition) is 1. The first-order chi connectivity index (χ1) is 18.4. The molecule has 194 valence electrons. The van der Waals surface area contributed by atoms with Crippen LogP contribution in [0.1, 0.15) is 35.3 Å². The Morgan fingerprint density at radius 1 is 0.895 bits per heavy atom. The van der Waals surface area contributed by atoms with Gasteiger partial charge in [0.15, 0.2) is 0 Å². The highest BCUT2D eigenvalue weighted by Gasteiger charge is 2.41. The van der Waals surface area contributed by atoms with Gasteiger partial charge < -0.3 is 15.0 Å². The van der Waals surface area contributed by atoms with Crippen LogP contribution in [0.5, 0.6) is 0 Å². The summed E-state index contributed by atoms with van der Waals surface area (Å²) in [5, 5.41) is 2.75. The molecule has 0 unspecified atom stereocenters. The first kappa shape index (κ1) is 26.5. The quantitative estimate of drug-likeness (QED) is 0.443. The van der Waals surface area contributed by atoms with Crippen molar-refractivity contribution in [3.05, 3.63) is 114 Å². The molecule has 0 saturated heterocycles. The van der Waals surface area contributed by atoms with Crippen LogP contribution in [-0.2, 0) is 20.8 Å². The van der Waals surface area contributed by atoms with E-state index in [9.17, 15) is 19.2 Å². The third-order valence-corrected chi connectivity index (χ3v) is 6.44. The number of carbonyl (C=O) groups excluding carboxylic acids is 4. The van der Waals surface area contributed by atoms with Gasteiger partial charge in [-0.1, -0.05) is 92.7 Å². The summed E-state index contributed by atoms with van der Waals surface area (Å²) in [6.45, 7) is 3.46. The van der Waals surface area contributed by atoms with E-state index in [1.165, 1.54) is 9.80 Å². The lowest BCUT2D eigenvalue weighted by Gasteiger charge is -2.41. The minimum Gasteiger partial charge on any atom is -0.345 e. The number of aldehydes is 1. The minimum absolute atomic E-state index is 0.213. The molecule has 3 aromatic rings. The lowest BCUT2D eigenvalue weighted by molar-refractivity contribution is -0.138. The summed E-state index contributed by atoms with van der Waals surface area (Å²) in [5.74, 6) is -1.32. The SMILES string of the molecule is CC(C)[C@H]1C(=O)N(CC(=O)N[C@H](C=O)Cc2ccccc2)C(c2ccccc2)=CN1C(=O)c1ccccc1. The molecule has 4 rings (SSSR count). The summed E-state index contributed by atoms with van der Waals surface area (Å²) in [4.78, 5) is 55.2. The molecule has 1 aliphatic heterocycles. The Bertz CT molecular complexity index is 1310. The van der Waals surface area contributed by atoms with E-state index in [4.69, 9.17) is 0 Å². The molecule has 2 atom stereocenters. The van der Waals surface area contributed by atoms with Crippen LogP contribution in [0.15, 0.2) is 97.2 Å². The summed E-state index contributed by atoms with van der Waals surface area (Å²) in [6.07, 6.45) is 2.71. The molecule has 0 saturated carbocycles.